The monoisotopic (exact) mass is 316 g/mol. The Morgan fingerprint density at radius 3 is 2.17 bits per heavy atom. The van der Waals surface area contributed by atoms with Crippen molar-refractivity contribution in [3.05, 3.63) is 35.4 Å². The van der Waals surface area contributed by atoms with Crippen LogP contribution in [0.5, 0.6) is 0 Å². The first-order chi connectivity index (χ1) is 11.3. The second-order valence-corrected chi connectivity index (χ2v) is 6.91. The maximum atomic E-state index is 12.6. The molecule has 1 aromatic carbocycles. The maximum absolute atomic E-state index is 12.6. The van der Waals surface area contributed by atoms with Crippen molar-refractivity contribution in [3.63, 3.8) is 0 Å². The summed E-state index contributed by atoms with van der Waals surface area (Å²) in [7, 11) is 0. The van der Waals surface area contributed by atoms with Crippen LogP contribution in [0.1, 0.15) is 43.2 Å². The van der Waals surface area contributed by atoms with Crippen LogP contribution in [-0.2, 0) is 17.9 Å². The summed E-state index contributed by atoms with van der Waals surface area (Å²) < 4.78 is 0. The first-order valence-electron chi connectivity index (χ1n) is 8.96. The molecule has 0 aromatic heterocycles. The average molecular weight is 316 g/mol. The second-order valence-electron chi connectivity index (χ2n) is 6.91. The lowest BCUT2D eigenvalue weighted by atomic mass is 9.94. The Labute approximate surface area is 139 Å². The van der Waals surface area contributed by atoms with Crippen molar-refractivity contribution in [3.8, 4) is 0 Å². The van der Waals surface area contributed by atoms with E-state index >= 15 is 0 Å². The Morgan fingerprint density at radius 1 is 0.957 bits per heavy atom. The van der Waals surface area contributed by atoms with E-state index in [2.05, 4.69) is 21.9 Å². The van der Waals surface area contributed by atoms with Crippen LogP contribution in [0.25, 0.3) is 0 Å². The van der Waals surface area contributed by atoms with Crippen LogP contribution < -0.4 is 0 Å². The van der Waals surface area contributed by atoms with Gasteiger partial charge in [-0.05, 0) is 56.3 Å². The molecule has 0 atom stereocenters. The van der Waals surface area contributed by atoms with Crippen LogP contribution in [0.15, 0.2) is 24.3 Å². The molecule has 0 unspecified atom stereocenters. The lowest BCUT2D eigenvalue weighted by molar-refractivity contribution is -0.138. The summed E-state index contributed by atoms with van der Waals surface area (Å²) in [6, 6.07) is 8.16. The van der Waals surface area contributed by atoms with E-state index in [1.54, 1.807) is 0 Å². The number of amides is 1. The van der Waals surface area contributed by atoms with E-state index in [4.69, 9.17) is 5.11 Å². The number of carbonyl (C=O) groups is 1. The molecule has 0 spiro atoms. The van der Waals surface area contributed by atoms with Gasteiger partial charge in [0, 0.05) is 25.6 Å². The molecule has 0 bridgehead atoms. The highest BCUT2D eigenvalue weighted by molar-refractivity contribution is 5.79. The number of piperidine rings is 2. The number of benzene rings is 1. The molecule has 2 heterocycles. The first-order valence-corrected chi connectivity index (χ1v) is 8.96. The summed E-state index contributed by atoms with van der Waals surface area (Å²) in [4.78, 5) is 17.1. The quantitative estimate of drug-likeness (QED) is 0.928. The molecule has 2 aliphatic heterocycles. The molecule has 1 aromatic rings. The molecule has 2 saturated heterocycles. The van der Waals surface area contributed by atoms with Gasteiger partial charge in [0.05, 0.1) is 6.61 Å². The van der Waals surface area contributed by atoms with E-state index in [0.29, 0.717) is 5.91 Å². The minimum Gasteiger partial charge on any atom is -0.392 e. The molecule has 0 saturated carbocycles. The third kappa shape index (κ3) is 4.33. The lowest BCUT2D eigenvalue weighted by Crippen LogP contribution is -2.44. The zero-order chi connectivity index (χ0) is 16.1. The molecule has 3 rings (SSSR count). The Morgan fingerprint density at radius 2 is 1.57 bits per heavy atom. The minimum absolute atomic E-state index is 0.101. The molecule has 4 heteroatoms. The summed E-state index contributed by atoms with van der Waals surface area (Å²) in [5.74, 6) is 0.637. The molecule has 1 amide bonds. The van der Waals surface area contributed by atoms with Crippen molar-refractivity contribution in [1.29, 1.82) is 0 Å². The van der Waals surface area contributed by atoms with E-state index in [0.717, 1.165) is 51.1 Å². The van der Waals surface area contributed by atoms with Gasteiger partial charge in [-0.15, -0.1) is 0 Å². The number of rotatable bonds is 4. The highest BCUT2D eigenvalue weighted by Gasteiger charge is 2.29. The number of hydrogen-bond acceptors (Lipinski definition) is 3. The van der Waals surface area contributed by atoms with Crippen LogP contribution >= 0.6 is 0 Å². The largest absolute Gasteiger partial charge is 0.392 e. The van der Waals surface area contributed by atoms with Gasteiger partial charge in [-0.2, -0.15) is 0 Å². The summed E-state index contributed by atoms with van der Waals surface area (Å²) in [5, 5.41) is 9.09. The maximum Gasteiger partial charge on any atom is 0.225 e. The Balaban J connectivity index is 1.46. The van der Waals surface area contributed by atoms with Gasteiger partial charge < -0.3 is 10.0 Å². The standard InChI is InChI=1S/C19H28N2O2/c22-15-17-6-4-16(5-7-17)14-20-12-8-18(9-13-20)19(23)21-10-2-1-3-11-21/h4-7,18,22H,1-3,8-15H2. The van der Waals surface area contributed by atoms with Gasteiger partial charge in [-0.3, -0.25) is 9.69 Å². The fourth-order valence-electron chi connectivity index (χ4n) is 3.72. The normalized spacial score (nSPS) is 20.7. The van der Waals surface area contributed by atoms with Gasteiger partial charge in [0.2, 0.25) is 5.91 Å². The number of nitrogens with zero attached hydrogens (tertiary/aromatic N) is 2. The molecule has 0 aliphatic carbocycles. The van der Waals surface area contributed by atoms with Gasteiger partial charge in [-0.1, -0.05) is 24.3 Å². The highest BCUT2D eigenvalue weighted by atomic mass is 16.3. The second kappa shape index (κ2) is 7.93. The van der Waals surface area contributed by atoms with Gasteiger partial charge >= 0.3 is 0 Å². The third-order valence-electron chi connectivity index (χ3n) is 5.22. The van der Waals surface area contributed by atoms with Crippen LogP contribution in [0.4, 0.5) is 0 Å². The summed E-state index contributed by atoms with van der Waals surface area (Å²) in [5.41, 5.74) is 2.24. The van der Waals surface area contributed by atoms with Gasteiger partial charge in [0.1, 0.15) is 0 Å². The average Bonchev–Trinajstić information content (AvgIpc) is 2.63. The van der Waals surface area contributed by atoms with E-state index in [-0.39, 0.29) is 12.5 Å². The molecule has 4 nitrogen and oxygen atoms in total. The van der Waals surface area contributed by atoms with Crippen LogP contribution in [0, 0.1) is 5.92 Å². The molecule has 23 heavy (non-hydrogen) atoms. The lowest BCUT2D eigenvalue weighted by Gasteiger charge is -2.35. The number of carbonyl (C=O) groups excluding carboxylic acids is 1. The van der Waals surface area contributed by atoms with Crippen LogP contribution in [0.3, 0.4) is 0 Å². The SMILES string of the molecule is O=C(C1CCN(Cc2ccc(CO)cc2)CC1)N1CCCCC1. The van der Waals surface area contributed by atoms with E-state index in [1.165, 1.54) is 24.8 Å². The number of aliphatic hydroxyl groups excluding tert-OH is 1. The van der Waals surface area contributed by atoms with Crippen molar-refractivity contribution in [2.45, 2.75) is 45.3 Å². The van der Waals surface area contributed by atoms with Gasteiger partial charge in [0.15, 0.2) is 0 Å². The Bertz CT molecular complexity index is 501. The van der Waals surface area contributed by atoms with Gasteiger partial charge in [-0.25, -0.2) is 0 Å². The van der Waals surface area contributed by atoms with Crippen molar-refractivity contribution in [2.24, 2.45) is 5.92 Å². The Kier molecular flexibility index (Phi) is 5.68. The molecular formula is C19H28N2O2. The van der Waals surface area contributed by atoms with E-state index in [1.807, 2.05) is 12.1 Å². The molecular weight excluding hydrogens is 288 g/mol. The van der Waals surface area contributed by atoms with Crippen molar-refractivity contribution in [2.75, 3.05) is 26.2 Å². The zero-order valence-corrected chi connectivity index (χ0v) is 13.9. The summed E-state index contributed by atoms with van der Waals surface area (Å²) >= 11 is 0. The number of hydrogen-bond donors (Lipinski definition) is 1. The number of aliphatic hydroxyl groups is 1. The Hall–Kier alpha value is -1.39. The van der Waals surface area contributed by atoms with Crippen LogP contribution in [0.2, 0.25) is 0 Å². The highest BCUT2D eigenvalue weighted by Crippen LogP contribution is 2.23. The van der Waals surface area contributed by atoms with E-state index in [9.17, 15) is 4.79 Å². The fraction of sp³-hybridized carbons (Fsp3) is 0.632. The third-order valence-corrected chi connectivity index (χ3v) is 5.22. The zero-order valence-electron chi connectivity index (χ0n) is 13.9. The minimum atomic E-state index is 0.101. The molecule has 0 radical (unpaired) electrons. The molecule has 126 valence electrons. The predicted octanol–water partition coefficient (Wildman–Crippen LogP) is 2.40. The topological polar surface area (TPSA) is 43.8 Å². The van der Waals surface area contributed by atoms with E-state index < -0.39 is 0 Å². The number of likely N-dealkylation sites (tertiary alicyclic amines) is 2. The smallest absolute Gasteiger partial charge is 0.225 e. The summed E-state index contributed by atoms with van der Waals surface area (Å²) in [6.45, 7) is 4.99. The summed E-state index contributed by atoms with van der Waals surface area (Å²) in [6.07, 6.45) is 5.61. The molecule has 2 aliphatic rings. The molecule has 1 N–H and O–H groups in total. The van der Waals surface area contributed by atoms with Gasteiger partial charge in [0.25, 0.3) is 0 Å². The fourth-order valence-corrected chi connectivity index (χ4v) is 3.72. The van der Waals surface area contributed by atoms with Crippen LogP contribution in [-0.4, -0.2) is 47.0 Å². The predicted molar refractivity (Wildman–Crippen MR) is 90.8 cm³/mol. The molecule has 2 fully saturated rings. The van der Waals surface area contributed by atoms with Crippen molar-refractivity contribution >= 4 is 5.91 Å². The van der Waals surface area contributed by atoms with Crippen molar-refractivity contribution < 1.29 is 9.90 Å². The first kappa shape index (κ1) is 16.5. The van der Waals surface area contributed by atoms with Crippen molar-refractivity contribution in [1.82, 2.24) is 9.80 Å².